The van der Waals surface area contributed by atoms with E-state index in [0.717, 1.165) is 17.0 Å². The second-order valence-electron chi connectivity index (χ2n) is 7.59. The number of fused-ring (bicyclic) bond motifs is 1. The van der Waals surface area contributed by atoms with Gasteiger partial charge in [0.05, 0.1) is 5.75 Å². The van der Waals surface area contributed by atoms with Gasteiger partial charge in [0.2, 0.25) is 5.91 Å². The van der Waals surface area contributed by atoms with Gasteiger partial charge in [-0.05, 0) is 67.5 Å². The molecule has 2 unspecified atom stereocenters. The molecular formula is C22H24ClN3O3S. The summed E-state index contributed by atoms with van der Waals surface area (Å²) in [7, 11) is 0. The highest BCUT2D eigenvalue weighted by atomic mass is 35.5. The van der Waals surface area contributed by atoms with Gasteiger partial charge in [0.25, 0.3) is 11.1 Å². The summed E-state index contributed by atoms with van der Waals surface area (Å²) >= 11 is 7.13. The molecule has 4 rings (SSSR count). The van der Waals surface area contributed by atoms with Gasteiger partial charge < -0.3 is 14.5 Å². The van der Waals surface area contributed by atoms with Crippen molar-refractivity contribution < 1.29 is 13.9 Å². The zero-order chi connectivity index (χ0) is 20.9. The number of aryl methyl sites for hydroxylation is 1. The number of nitrogens with zero attached hydrogens (tertiary/aromatic N) is 2. The van der Waals surface area contributed by atoms with Crippen molar-refractivity contribution in [3.8, 4) is 0 Å². The molecule has 2 aliphatic rings. The van der Waals surface area contributed by atoms with Gasteiger partial charge in [-0.25, -0.2) is 0 Å². The zero-order valence-electron chi connectivity index (χ0n) is 16.8. The van der Waals surface area contributed by atoms with Crippen LogP contribution in [-0.4, -0.2) is 21.9 Å². The van der Waals surface area contributed by atoms with Crippen molar-refractivity contribution >= 4 is 35.0 Å². The second-order valence-corrected chi connectivity index (χ2v) is 8.95. The Labute approximate surface area is 185 Å². The van der Waals surface area contributed by atoms with Crippen LogP contribution in [-0.2, 0) is 16.1 Å². The molecule has 1 heterocycles. The Morgan fingerprint density at radius 1 is 1.30 bits per heavy atom. The Morgan fingerprint density at radius 3 is 2.97 bits per heavy atom. The first-order chi connectivity index (χ1) is 14.6. The monoisotopic (exact) mass is 445 g/mol. The molecule has 6 nitrogen and oxygen atoms in total. The Morgan fingerprint density at radius 2 is 2.13 bits per heavy atom. The molecule has 1 fully saturated rings. The van der Waals surface area contributed by atoms with E-state index in [2.05, 4.69) is 27.7 Å². The quantitative estimate of drug-likeness (QED) is 0.564. The molecule has 8 heteroatoms. The first-order valence-electron chi connectivity index (χ1n) is 10.1. The normalized spacial score (nSPS) is 20.4. The van der Waals surface area contributed by atoms with Crippen LogP contribution >= 0.6 is 23.4 Å². The van der Waals surface area contributed by atoms with Gasteiger partial charge in [0, 0.05) is 10.7 Å². The van der Waals surface area contributed by atoms with Gasteiger partial charge in [0.15, 0.2) is 6.61 Å². The Bertz CT molecular complexity index is 972. The van der Waals surface area contributed by atoms with E-state index < -0.39 is 0 Å². The first kappa shape index (κ1) is 21.0. The lowest BCUT2D eigenvalue weighted by Crippen LogP contribution is -2.18. The SMILES string of the molecule is Cc1cc(Cl)ccc1NC(=O)CSc1nnc(COC2=CC3CCCCC3C=C2)o1. The minimum Gasteiger partial charge on any atom is -0.484 e. The maximum absolute atomic E-state index is 12.2. The van der Waals surface area contributed by atoms with Crippen molar-refractivity contribution in [2.24, 2.45) is 11.8 Å². The fourth-order valence-corrected chi connectivity index (χ4v) is 4.60. The third kappa shape index (κ3) is 5.46. The summed E-state index contributed by atoms with van der Waals surface area (Å²) in [6.45, 7) is 2.11. The average molecular weight is 446 g/mol. The van der Waals surface area contributed by atoms with Crippen molar-refractivity contribution in [3.05, 3.63) is 58.7 Å². The van der Waals surface area contributed by atoms with E-state index in [0.29, 0.717) is 28.0 Å². The lowest BCUT2D eigenvalue weighted by Gasteiger charge is -2.30. The zero-order valence-corrected chi connectivity index (χ0v) is 18.3. The molecule has 1 N–H and O–H groups in total. The summed E-state index contributed by atoms with van der Waals surface area (Å²) in [5, 5.41) is 11.8. The number of amides is 1. The number of carbonyl (C=O) groups excluding carboxylic acids is 1. The highest BCUT2D eigenvalue weighted by Crippen LogP contribution is 2.36. The number of aromatic nitrogens is 2. The minimum atomic E-state index is -0.152. The standard InChI is InChI=1S/C22H24ClN3O3S/c1-14-10-17(23)7-9-19(14)24-20(27)13-30-22-26-25-21(29-22)12-28-18-8-6-15-4-2-3-5-16(15)11-18/h6-11,15-16H,2-5,12-13H2,1H3,(H,24,27). The molecule has 0 aliphatic heterocycles. The fraction of sp³-hybridized carbons (Fsp3) is 0.409. The number of benzene rings is 1. The molecule has 0 spiro atoms. The van der Waals surface area contributed by atoms with Crippen LogP contribution in [0.4, 0.5) is 5.69 Å². The average Bonchev–Trinajstić information content (AvgIpc) is 3.20. The molecule has 1 aromatic carbocycles. The van der Waals surface area contributed by atoms with Crippen LogP contribution in [0.2, 0.25) is 5.02 Å². The molecule has 158 valence electrons. The summed E-state index contributed by atoms with van der Waals surface area (Å²) < 4.78 is 11.4. The van der Waals surface area contributed by atoms with E-state index in [9.17, 15) is 4.79 Å². The number of rotatable bonds is 7. The summed E-state index contributed by atoms with van der Waals surface area (Å²) in [5.41, 5.74) is 1.64. The highest BCUT2D eigenvalue weighted by molar-refractivity contribution is 7.99. The number of hydrogen-bond acceptors (Lipinski definition) is 6. The maximum atomic E-state index is 12.2. The van der Waals surface area contributed by atoms with Crippen LogP contribution in [0.15, 0.2) is 51.8 Å². The predicted octanol–water partition coefficient (Wildman–Crippen LogP) is 5.54. The molecule has 30 heavy (non-hydrogen) atoms. The van der Waals surface area contributed by atoms with Crippen molar-refractivity contribution in [1.29, 1.82) is 0 Å². The van der Waals surface area contributed by atoms with Crippen LogP contribution in [0.25, 0.3) is 0 Å². The fourth-order valence-electron chi connectivity index (χ4n) is 3.80. The molecule has 2 aliphatic carbocycles. The smallest absolute Gasteiger partial charge is 0.277 e. The Hall–Kier alpha value is -2.25. The van der Waals surface area contributed by atoms with Gasteiger partial charge in [-0.1, -0.05) is 42.3 Å². The lowest BCUT2D eigenvalue weighted by atomic mass is 9.77. The van der Waals surface area contributed by atoms with Crippen LogP contribution in [0, 0.1) is 18.8 Å². The molecule has 1 aromatic heterocycles. The van der Waals surface area contributed by atoms with Gasteiger partial charge in [-0.3, -0.25) is 4.79 Å². The van der Waals surface area contributed by atoms with E-state index in [1.807, 2.05) is 13.0 Å². The van der Waals surface area contributed by atoms with Gasteiger partial charge >= 0.3 is 0 Å². The Kier molecular flexibility index (Phi) is 6.79. The van der Waals surface area contributed by atoms with Gasteiger partial charge in [-0.15, -0.1) is 10.2 Å². The molecule has 1 saturated carbocycles. The Balaban J connectivity index is 1.24. The van der Waals surface area contributed by atoms with Crippen LogP contribution in [0.5, 0.6) is 0 Å². The molecule has 0 saturated heterocycles. The summed E-state index contributed by atoms with van der Waals surface area (Å²) in [4.78, 5) is 12.2. The van der Waals surface area contributed by atoms with E-state index in [1.54, 1.807) is 18.2 Å². The van der Waals surface area contributed by atoms with E-state index in [1.165, 1.54) is 37.4 Å². The van der Waals surface area contributed by atoms with Crippen molar-refractivity contribution in [2.45, 2.75) is 44.4 Å². The molecule has 1 amide bonds. The predicted molar refractivity (Wildman–Crippen MR) is 117 cm³/mol. The number of allylic oxidation sites excluding steroid dienone is 3. The van der Waals surface area contributed by atoms with Gasteiger partial charge in [0.1, 0.15) is 5.76 Å². The largest absolute Gasteiger partial charge is 0.484 e. The second kappa shape index (κ2) is 9.71. The molecule has 0 bridgehead atoms. The number of carbonyl (C=O) groups is 1. The van der Waals surface area contributed by atoms with Crippen LogP contribution in [0.3, 0.4) is 0 Å². The van der Waals surface area contributed by atoms with Crippen molar-refractivity contribution in [3.63, 3.8) is 0 Å². The number of anilines is 1. The van der Waals surface area contributed by atoms with Crippen molar-refractivity contribution in [2.75, 3.05) is 11.1 Å². The number of thioether (sulfide) groups is 1. The van der Waals surface area contributed by atoms with Gasteiger partial charge in [-0.2, -0.15) is 0 Å². The van der Waals surface area contributed by atoms with E-state index in [-0.39, 0.29) is 18.3 Å². The first-order valence-corrected chi connectivity index (χ1v) is 11.5. The summed E-state index contributed by atoms with van der Waals surface area (Å²) in [6, 6.07) is 5.33. The summed E-state index contributed by atoms with van der Waals surface area (Å²) in [6.07, 6.45) is 11.6. The molecular weight excluding hydrogens is 422 g/mol. The van der Waals surface area contributed by atoms with Crippen LogP contribution < -0.4 is 5.32 Å². The lowest BCUT2D eigenvalue weighted by molar-refractivity contribution is -0.113. The maximum Gasteiger partial charge on any atom is 0.277 e. The number of ether oxygens (including phenoxy) is 1. The molecule has 2 aromatic rings. The summed E-state index contributed by atoms with van der Waals surface area (Å²) in [5.74, 6) is 2.51. The highest BCUT2D eigenvalue weighted by Gasteiger charge is 2.24. The number of hydrogen-bond donors (Lipinski definition) is 1. The number of nitrogens with one attached hydrogen (secondary N) is 1. The topological polar surface area (TPSA) is 77.2 Å². The van der Waals surface area contributed by atoms with Crippen molar-refractivity contribution in [1.82, 2.24) is 10.2 Å². The molecule has 0 radical (unpaired) electrons. The van der Waals surface area contributed by atoms with E-state index >= 15 is 0 Å². The minimum absolute atomic E-state index is 0.152. The third-order valence-electron chi connectivity index (χ3n) is 5.36. The van der Waals surface area contributed by atoms with E-state index in [4.69, 9.17) is 20.8 Å². The van der Waals surface area contributed by atoms with Crippen LogP contribution in [0.1, 0.15) is 37.1 Å². The third-order valence-corrected chi connectivity index (χ3v) is 6.41. The number of halogens is 1. The molecule has 2 atom stereocenters.